The number of hydrazone groups is 1. The molecule has 3 N–H and O–H groups in total. The highest BCUT2D eigenvalue weighted by molar-refractivity contribution is 6.05. The topological polar surface area (TPSA) is 134 Å². The molecule has 0 heterocycles. The summed E-state index contributed by atoms with van der Waals surface area (Å²) < 4.78 is 0. The zero-order chi connectivity index (χ0) is 23.8. The van der Waals surface area contributed by atoms with Crippen LogP contribution < -0.4 is 10.7 Å². The van der Waals surface area contributed by atoms with Gasteiger partial charge in [0.15, 0.2) is 0 Å². The van der Waals surface area contributed by atoms with E-state index >= 15 is 0 Å². The van der Waals surface area contributed by atoms with Crippen molar-refractivity contribution in [2.24, 2.45) is 5.10 Å². The summed E-state index contributed by atoms with van der Waals surface area (Å²) in [6.07, 6.45) is 3.52. The van der Waals surface area contributed by atoms with Gasteiger partial charge in [0, 0.05) is 34.5 Å². The number of allylic oxidation sites excluding steroid dienone is 1. The van der Waals surface area contributed by atoms with Crippen molar-refractivity contribution >= 4 is 29.4 Å². The zero-order valence-electron chi connectivity index (χ0n) is 17.4. The first-order valence-corrected chi connectivity index (χ1v) is 9.80. The van der Waals surface area contributed by atoms with Gasteiger partial charge in [-0.15, -0.1) is 6.58 Å². The molecule has 33 heavy (non-hydrogen) atoms. The minimum absolute atomic E-state index is 0.0687. The number of anilines is 1. The van der Waals surface area contributed by atoms with Gasteiger partial charge in [-0.25, -0.2) is 5.43 Å². The van der Waals surface area contributed by atoms with Crippen LogP contribution in [-0.2, 0) is 6.42 Å². The van der Waals surface area contributed by atoms with Crippen LogP contribution in [-0.4, -0.2) is 28.1 Å². The Bertz CT molecular complexity index is 1240. The molecule has 0 atom stereocenters. The Kier molecular flexibility index (Phi) is 7.28. The number of rotatable bonds is 8. The van der Waals surface area contributed by atoms with E-state index in [-0.39, 0.29) is 17.0 Å². The molecule has 0 unspecified atom stereocenters. The van der Waals surface area contributed by atoms with Gasteiger partial charge in [-0.3, -0.25) is 19.7 Å². The molecule has 0 bridgehead atoms. The van der Waals surface area contributed by atoms with E-state index in [1.165, 1.54) is 54.7 Å². The number of nitro benzene ring substituents is 1. The highest BCUT2D eigenvalue weighted by atomic mass is 16.6. The van der Waals surface area contributed by atoms with Crippen molar-refractivity contribution in [1.82, 2.24) is 5.43 Å². The maximum Gasteiger partial charge on any atom is 0.271 e. The molecule has 0 saturated carbocycles. The number of non-ortho nitro benzene ring substituents is 1. The van der Waals surface area contributed by atoms with Gasteiger partial charge < -0.3 is 10.4 Å². The van der Waals surface area contributed by atoms with E-state index in [4.69, 9.17) is 0 Å². The Labute approximate surface area is 189 Å². The molecule has 0 spiro atoms. The summed E-state index contributed by atoms with van der Waals surface area (Å²) in [6.45, 7) is 3.64. The Morgan fingerprint density at radius 3 is 2.45 bits per heavy atom. The van der Waals surface area contributed by atoms with Crippen LogP contribution in [0.4, 0.5) is 11.4 Å². The highest BCUT2D eigenvalue weighted by Gasteiger charge is 2.12. The van der Waals surface area contributed by atoms with E-state index in [2.05, 4.69) is 22.4 Å². The second-order valence-electron chi connectivity index (χ2n) is 6.89. The number of nitro groups is 1. The molecule has 0 aliphatic heterocycles. The van der Waals surface area contributed by atoms with Crippen LogP contribution in [0.5, 0.6) is 5.75 Å². The van der Waals surface area contributed by atoms with Gasteiger partial charge in [-0.2, -0.15) is 5.10 Å². The standard InChI is InChI=1S/C24H20N4O5/c1-2-5-16-6-3-8-19(22(16)29)15-25-27-24(31)17-10-12-20(13-11-17)26-23(30)18-7-4-9-21(14-18)28(32)33/h2-4,6-15,29H,1,5H2,(H,26,30)(H,27,31)/b25-15+. The lowest BCUT2D eigenvalue weighted by molar-refractivity contribution is -0.384. The zero-order valence-corrected chi connectivity index (χ0v) is 17.4. The number of aromatic hydroxyl groups is 1. The summed E-state index contributed by atoms with van der Waals surface area (Å²) in [5.41, 5.74) is 4.19. The molecule has 0 radical (unpaired) electrons. The number of phenolic OH excluding ortho intramolecular Hbond substituents is 1. The molecule has 3 aromatic carbocycles. The summed E-state index contributed by atoms with van der Waals surface area (Å²) in [6, 6.07) is 16.6. The quantitative estimate of drug-likeness (QED) is 0.209. The average Bonchev–Trinajstić information content (AvgIpc) is 2.82. The number of carbonyl (C=O) groups is 2. The average molecular weight is 444 g/mol. The second-order valence-corrected chi connectivity index (χ2v) is 6.89. The van der Waals surface area contributed by atoms with E-state index in [1.807, 2.05) is 0 Å². The SMILES string of the molecule is C=CCc1cccc(/C=N/NC(=O)c2ccc(NC(=O)c3cccc([N+](=O)[O-])c3)cc2)c1O. The summed E-state index contributed by atoms with van der Waals surface area (Å²) in [5.74, 6) is -0.928. The van der Waals surface area contributed by atoms with Crippen molar-refractivity contribution in [3.05, 3.63) is 112 Å². The molecular weight excluding hydrogens is 424 g/mol. The molecule has 3 rings (SSSR count). The third kappa shape index (κ3) is 5.88. The van der Waals surface area contributed by atoms with Gasteiger partial charge >= 0.3 is 0 Å². The molecule has 0 saturated heterocycles. The molecule has 0 aliphatic carbocycles. The van der Waals surface area contributed by atoms with Crippen molar-refractivity contribution < 1.29 is 19.6 Å². The smallest absolute Gasteiger partial charge is 0.271 e. The normalized spacial score (nSPS) is 10.5. The monoisotopic (exact) mass is 444 g/mol. The first kappa shape index (κ1) is 22.9. The molecule has 9 nitrogen and oxygen atoms in total. The van der Waals surface area contributed by atoms with Gasteiger partial charge in [-0.1, -0.05) is 24.3 Å². The van der Waals surface area contributed by atoms with E-state index in [1.54, 1.807) is 24.3 Å². The summed E-state index contributed by atoms with van der Waals surface area (Å²) >= 11 is 0. The summed E-state index contributed by atoms with van der Waals surface area (Å²) in [7, 11) is 0. The minimum atomic E-state index is -0.577. The fourth-order valence-corrected chi connectivity index (χ4v) is 2.93. The van der Waals surface area contributed by atoms with Crippen LogP contribution in [0.15, 0.2) is 84.5 Å². The predicted octanol–water partition coefficient (Wildman–Crippen LogP) is 4.05. The van der Waals surface area contributed by atoms with Gasteiger partial charge in [0.1, 0.15) is 5.75 Å². The molecule has 2 amide bonds. The second kappa shape index (κ2) is 10.5. The first-order chi connectivity index (χ1) is 15.9. The molecule has 0 fully saturated rings. The van der Waals surface area contributed by atoms with Gasteiger partial charge in [-0.05, 0) is 48.4 Å². The lowest BCUT2D eigenvalue weighted by Crippen LogP contribution is -2.18. The molecule has 9 heteroatoms. The fourth-order valence-electron chi connectivity index (χ4n) is 2.93. The highest BCUT2D eigenvalue weighted by Crippen LogP contribution is 2.21. The summed E-state index contributed by atoms with van der Waals surface area (Å²) in [4.78, 5) is 34.9. The first-order valence-electron chi connectivity index (χ1n) is 9.80. The van der Waals surface area contributed by atoms with Crippen LogP contribution >= 0.6 is 0 Å². The maximum atomic E-state index is 12.3. The van der Waals surface area contributed by atoms with Crippen LogP contribution in [0.2, 0.25) is 0 Å². The fraction of sp³-hybridized carbons (Fsp3) is 0.0417. The van der Waals surface area contributed by atoms with Crippen LogP contribution in [0.1, 0.15) is 31.8 Å². The Morgan fingerprint density at radius 1 is 1.03 bits per heavy atom. The van der Waals surface area contributed by atoms with Gasteiger partial charge in [0.2, 0.25) is 0 Å². The number of carbonyl (C=O) groups excluding carboxylic acids is 2. The van der Waals surface area contributed by atoms with Gasteiger partial charge in [0.25, 0.3) is 17.5 Å². The number of para-hydroxylation sites is 1. The van der Waals surface area contributed by atoms with E-state index in [0.717, 1.165) is 0 Å². The Morgan fingerprint density at radius 2 is 1.76 bits per heavy atom. The predicted molar refractivity (Wildman–Crippen MR) is 125 cm³/mol. The lowest BCUT2D eigenvalue weighted by atomic mass is 10.1. The van der Waals surface area contributed by atoms with Crippen LogP contribution in [0.3, 0.4) is 0 Å². The Balaban J connectivity index is 1.61. The number of amides is 2. The van der Waals surface area contributed by atoms with Crippen LogP contribution in [0, 0.1) is 10.1 Å². The van der Waals surface area contributed by atoms with Crippen LogP contribution in [0.25, 0.3) is 0 Å². The summed E-state index contributed by atoms with van der Waals surface area (Å²) in [5, 5.41) is 27.6. The molecule has 3 aromatic rings. The van der Waals surface area contributed by atoms with Gasteiger partial charge in [0.05, 0.1) is 11.1 Å². The number of nitrogens with zero attached hydrogens (tertiary/aromatic N) is 2. The van der Waals surface area contributed by atoms with Crippen molar-refractivity contribution in [3.63, 3.8) is 0 Å². The largest absolute Gasteiger partial charge is 0.507 e. The third-order valence-electron chi connectivity index (χ3n) is 4.61. The van der Waals surface area contributed by atoms with Crippen molar-refractivity contribution in [2.75, 3.05) is 5.32 Å². The molecule has 166 valence electrons. The van der Waals surface area contributed by atoms with E-state index < -0.39 is 16.7 Å². The number of hydrogen-bond acceptors (Lipinski definition) is 6. The third-order valence-corrected chi connectivity index (χ3v) is 4.61. The lowest BCUT2D eigenvalue weighted by Gasteiger charge is -2.07. The molecule has 0 aliphatic rings. The maximum absolute atomic E-state index is 12.3. The number of hydrogen-bond donors (Lipinski definition) is 3. The molecule has 0 aromatic heterocycles. The molecular formula is C24H20N4O5. The Hall–Kier alpha value is -4.79. The van der Waals surface area contributed by atoms with E-state index in [0.29, 0.717) is 28.8 Å². The number of nitrogens with one attached hydrogen (secondary N) is 2. The van der Waals surface area contributed by atoms with Crippen molar-refractivity contribution in [3.8, 4) is 5.75 Å². The van der Waals surface area contributed by atoms with E-state index in [9.17, 15) is 24.8 Å². The number of benzene rings is 3. The van der Waals surface area contributed by atoms with Crippen molar-refractivity contribution in [1.29, 1.82) is 0 Å². The van der Waals surface area contributed by atoms with Crippen molar-refractivity contribution in [2.45, 2.75) is 6.42 Å². The minimum Gasteiger partial charge on any atom is -0.507 e. The number of phenols is 1.